The molecule has 40 heavy (non-hydrogen) atoms. The summed E-state index contributed by atoms with van der Waals surface area (Å²) in [5, 5.41) is 4.27. The highest BCUT2D eigenvalue weighted by Crippen LogP contribution is 2.31. The monoisotopic (exact) mass is 570 g/mol. The van der Waals surface area contributed by atoms with Crippen molar-refractivity contribution in [2.75, 3.05) is 18.2 Å². The Labute approximate surface area is 236 Å². The van der Waals surface area contributed by atoms with Crippen molar-refractivity contribution in [3.05, 3.63) is 109 Å². The molecule has 0 spiro atoms. The maximum Gasteiger partial charge on any atom is 0.240 e. The number of rotatable bonds is 10. The third-order valence-corrected chi connectivity index (χ3v) is 8.41. The lowest BCUT2D eigenvalue weighted by atomic mass is 10.2. The summed E-state index contributed by atoms with van der Waals surface area (Å²) in [4.78, 5) is 22.4. The van der Waals surface area contributed by atoms with Crippen molar-refractivity contribution in [1.82, 2.24) is 14.7 Å². The van der Waals surface area contributed by atoms with Gasteiger partial charge in [-0.25, -0.2) is 23.1 Å². The third-order valence-electron chi connectivity index (χ3n) is 6.00. The Balaban J connectivity index is 1.27. The van der Waals surface area contributed by atoms with Gasteiger partial charge in [0.15, 0.2) is 5.82 Å². The van der Waals surface area contributed by atoms with Gasteiger partial charge in [-0.05, 0) is 48.0 Å². The van der Waals surface area contributed by atoms with Gasteiger partial charge in [-0.15, -0.1) is 0 Å². The van der Waals surface area contributed by atoms with E-state index in [4.69, 9.17) is 14.7 Å². The predicted octanol–water partition coefficient (Wildman–Crippen LogP) is 5.51. The first-order valence-electron chi connectivity index (χ1n) is 12.4. The molecule has 5 rings (SSSR count). The SMILES string of the molecule is COc1ccc2nc(-c3ccccc3)nc(SCC(=O)Nc3ccc(S(=O)(=O)NCc4ccccc4)cc3)c2c1. The van der Waals surface area contributed by atoms with Crippen molar-refractivity contribution < 1.29 is 17.9 Å². The molecule has 1 aromatic heterocycles. The van der Waals surface area contributed by atoms with Gasteiger partial charge in [-0.3, -0.25) is 4.79 Å². The van der Waals surface area contributed by atoms with Gasteiger partial charge in [0, 0.05) is 23.2 Å². The molecule has 202 valence electrons. The molecule has 0 aliphatic carbocycles. The van der Waals surface area contributed by atoms with Crippen molar-refractivity contribution in [1.29, 1.82) is 0 Å². The van der Waals surface area contributed by atoms with Crippen LogP contribution in [-0.4, -0.2) is 37.2 Å². The van der Waals surface area contributed by atoms with E-state index >= 15 is 0 Å². The van der Waals surface area contributed by atoms with Crippen molar-refractivity contribution in [3.63, 3.8) is 0 Å². The molecule has 0 bridgehead atoms. The summed E-state index contributed by atoms with van der Waals surface area (Å²) in [6.45, 7) is 0.189. The standard InChI is InChI=1S/C30H26N4O4S2/c1-38-24-14-17-27-26(18-24)30(34-29(33-27)22-10-6-3-7-11-22)39-20-28(35)32-23-12-15-25(16-13-23)40(36,37)31-19-21-8-4-2-5-9-21/h2-18,31H,19-20H2,1H3,(H,32,35). The number of anilines is 1. The maximum atomic E-state index is 12.8. The molecule has 5 aromatic rings. The molecule has 0 aliphatic rings. The van der Waals surface area contributed by atoms with E-state index < -0.39 is 10.0 Å². The molecule has 1 amide bonds. The Morgan fingerprint density at radius 2 is 1.57 bits per heavy atom. The number of nitrogens with zero attached hydrogens (tertiary/aromatic N) is 2. The number of hydrogen-bond donors (Lipinski definition) is 2. The van der Waals surface area contributed by atoms with Gasteiger partial charge in [0.05, 0.1) is 23.3 Å². The Morgan fingerprint density at radius 3 is 2.27 bits per heavy atom. The predicted molar refractivity (Wildman–Crippen MR) is 158 cm³/mol. The van der Waals surface area contributed by atoms with Crippen molar-refractivity contribution >= 4 is 44.3 Å². The Kier molecular flexibility index (Phi) is 8.40. The molecule has 4 aromatic carbocycles. The van der Waals surface area contributed by atoms with Gasteiger partial charge in [-0.1, -0.05) is 72.4 Å². The molecule has 2 N–H and O–H groups in total. The average Bonchev–Trinajstić information content (AvgIpc) is 2.99. The highest BCUT2D eigenvalue weighted by Gasteiger charge is 2.15. The number of aromatic nitrogens is 2. The number of methoxy groups -OCH3 is 1. The number of ether oxygens (including phenoxy) is 1. The fourth-order valence-corrected chi connectivity index (χ4v) is 5.77. The van der Waals surface area contributed by atoms with Gasteiger partial charge < -0.3 is 10.1 Å². The minimum atomic E-state index is -3.69. The Hall–Kier alpha value is -4.25. The highest BCUT2D eigenvalue weighted by atomic mass is 32.2. The zero-order valence-electron chi connectivity index (χ0n) is 21.6. The van der Waals surface area contributed by atoms with Crippen LogP contribution in [0.25, 0.3) is 22.3 Å². The normalized spacial score (nSPS) is 11.3. The first-order valence-corrected chi connectivity index (χ1v) is 14.9. The zero-order valence-corrected chi connectivity index (χ0v) is 23.2. The maximum absolute atomic E-state index is 12.8. The molecule has 8 nitrogen and oxygen atoms in total. The molecule has 0 atom stereocenters. The molecular weight excluding hydrogens is 544 g/mol. The van der Waals surface area contributed by atoms with Crippen LogP contribution in [0.2, 0.25) is 0 Å². The van der Waals surface area contributed by atoms with Crippen LogP contribution in [0.1, 0.15) is 5.56 Å². The number of fused-ring (bicyclic) bond motifs is 1. The van der Waals surface area contributed by atoms with Crippen molar-refractivity contribution in [2.45, 2.75) is 16.5 Å². The first-order chi connectivity index (χ1) is 19.4. The molecule has 0 saturated carbocycles. The molecule has 0 fully saturated rings. The highest BCUT2D eigenvalue weighted by molar-refractivity contribution is 8.00. The van der Waals surface area contributed by atoms with Gasteiger partial charge >= 0.3 is 0 Å². The van der Waals surface area contributed by atoms with E-state index in [9.17, 15) is 13.2 Å². The first kappa shape index (κ1) is 27.3. The second-order valence-corrected chi connectivity index (χ2v) is 11.5. The van der Waals surface area contributed by atoms with Crippen LogP contribution >= 0.6 is 11.8 Å². The number of carbonyl (C=O) groups excluding carboxylic acids is 1. The van der Waals surface area contributed by atoms with Gasteiger partial charge in [0.2, 0.25) is 15.9 Å². The summed E-state index contributed by atoms with van der Waals surface area (Å²) < 4.78 is 33.3. The van der Waals surface area contributed by atoms with E-state index in [-0.39, 0.29) is 23.1 Å². The van der Waals surface area contributed by atoms with Crippen molar-refractivity contribution in [2.24, 2.45) is 0 Å². The molecule has 0 aliphatic heterocycles. The summed E-state index contributed by atoms with van der Waals surface area (Å²) in [6, 6.07) is 30.6. The van der Waals surface area contributed by atoms with Crippen molar-refractivity contribution in [3.8, 4) is 17.1 Å². The van der Waals surface area contributed by atoms with E-state index in [1.54, 1.807) is 19.2 Å². The average molecular weight is 571 g/mol. The lowest BCUT2D eigenvalue weighted by Crippen LogP contribution is -2.23. The number of hydrogen-bond acceptors (Lipinski definition) is 7. The lowest BCUT2D eigenvalue weighted by Gasteiger charge is -2.11. The summed E-state index contributed by atoms with van der Waals surface area (Å²) in [7, 11) is -2.10. The van der Waals surface area contributed by atoms with E-state index in [0.29, 0.717) is 22.3 Å². The minimum absolute atomic E-state index is 0.0935. The lowest BCUT2D eigenvalue weighted by molar-refractivity contribution is -0.113. The number of amides is 1. The fourth-order valence-electron chi connectivity index (χ4n) is 3.94. The smallest absolute Gasteiger partial charge is 0.240 e. The number of sulfonamides is 1. The van der Waals surface area contributed by atoms with Crippen LogP contribution < -0.4 is 14.8 Å². The summed E-state index contributed by atoms with van der Waals surface area (Å²) in [5.41, 5.74) is 2.97. The van der Waals surface area contributed by atoms with Crippen LogP contribution in [0.15, 0.2) is 113 Å². The van der Waals surface area contributed by atoms with Crippen LogP contribution in [-0.2, 0) is 21.4 Å². The van der Waals surface area contributed by atoms with Crippen LogP contribution in [0.3, 0.4) is 0 Å². The largest absolute Gasteiger partial charge is 0.497 e. The number of benzene rings is 4. The molecule has 1 heterocycles. The van der Waals surface area contributed by atoms with E-state index in [1.807, 2.05) is 78.9 Å². The van der Waals surface area contributed by atoms with Crippen LogP contribution in [0.5, 0.6) is 5.75 Å². The van der Waals surface area contributed by atoms with Gasteiger partial charge in [-0.2, -0.15) is 0 Å². The Morgan fingerprint density at radius 1 is 0.875 bits per heavy atom. The second kappa shape index (κ2) is 12.3. The third kappa shape index (κ3) is 6.66. The molecule has 0 radical (unpaired) electrons. The number of carbonyl (C=O) groups is 1. The summed E-state index contributed by atoms with van der Waals surface area (Å²) in [6.07, 6.45) is 0. The molecule has 10 heteroatoms. The number of nitrogens with one attached hydrogen (secondary N) is 2. The summed E-state index contributed by atoms with van der Waals surface area (Å²) in [5.74, 6) is 1.08. The summed E-state index contributed by atoms with van der Waals surface area (Å²) >= 11 is 1.29. The fraction of sp³-hybridized carbons (Fsp3) is 0.100. The molecular formula is C30H26N4O4S2. The van der Waals surface area contributed by atoms with E-state index in [1.165, 1.54) is 23.9 Å². The van der Waals surface area contributed by atoms with Crippen LogP contribution in [0.4, 0.5) is 5.69 Å². The van der Waals surface area contributed by atoms with Gasteiger partial charge in [0.1, 0.15) is 10.8 Å². The minimum Gasteiger partial charge on any atom is -0.497 e. The van der Waals surface area contributed by atoms with Crippen LogP contribution in [0, 0.1) is 0 Å². The molecule has 0 saturated heterocycles. The zero-order chi connectivity index (χ0) is 28.0. The Bertz CT molecular complexity index is 1730. The quantitative estimate of drug-likeness (QED) is 0.168. The van der Waals surface area contributed by atoms with E-state index in [0.717, 1.165) is 22.0 Å². The van der Waals surface area contributed by atoms with Gasteiger partial charge in [0.25, 0.3) is 0 Å². The number of thioether (sulfide) groups is 1. The van der Waals surface area contributed by atoms with E-state index in [2.05, 4.69) is 10.0 Å². The second-order valence-electron chi connectivity index (χ2n) is 8.77. The topological polar surface area (TPSA) is 110 Å². The molecule has 0 unspecified atom stereocenters.